The average Bonchev–Trinajstić information content (AvgIpc) is 2.81. The van der Waals surface area contributed by atoms with E-state index < -0.39 is 10.8 Å². The Balaban J connectivity index is 1.84. The van der Waals surface area contributed by atoms with E-state index in [-0.39, 0.29) is 17.2 Å². The Bertz CT molecular complexity index is 1210. The molecule has 34 heavy (non-hydrogen) atoms. The second-order valence-electron chi connectivity index (χ2n) is 6.89. The molecule has 1 amide bonds. The smallest absolute Gasteiger partial charge is 0.266 e. The van der Waals surface area contributed by atoms with E-state index in [0.717, 1.165) is 11.1 Å². The molecule has 0 unspecified atom stereocenters. The first-order valence-electron chi connectivity index (χ1n) is 9.79. The molecule has 0 heterocycles. The van der Waals surface area contributed by atoms with Crippen molar-refractivity contribution in [1.29, 1.82) is 0 Å². The van der Waals surface area contributed by atoms with Crippen LogP contribution in [-0.4, -0.2) is 29.2 Å². The molecule has 0 aromatic heterocycles. The van der Waals surface area contributed by atoms with Crippen LogP contribution in [0.3, 0.4) is 0 Å². The molecule has 0 aliphatic heterocycles. The van der Waals surface area contributed by atoms with Gasteiger partial charge in [0.1, 0.15) is 5.56 Å². The number of rotatable bonds is 6. The second kappa shape index (κ2) is 11.7. The number of aliphatic imine (C=N–C) groups is 1. The molecule has 3 aromatic rings. The zero-order valence-electron chi connectivity index (χ0n) is 17.8. The highest BCUT2D eigenvalue weighted by atomic mass is 35.5. The van der Waals surface area contributed by atoms with Crippen LogP contribution in [0.1, 0.15) is 27.0 Å². The number of nitrogens with zero attached hydrogens (tertiary/aromatic N) is 4. The molecule has 0 bridgehead atoms. The summed E-state index contributed by atoms with van der Waals surface area (Å²) in [5, 5.41) is 20.6. The van der Waals surface area contributed by atoms with E-state index in [9.17, 15) is 14.9 Å². The molecule has 172 valence electrons. The van der Waals surface area contributed by atoms with Crippen molar-refractivity contribution < 1.29 is 9.72 Å². The zero-order valence-corrected chi connectivity index (χ0v) is 19.3. The van der Waals surface area contributed by atoms with Crippen LogP contribution in [0.25, 0.3) is 0 Å². The standard InChI is InChI=1S/C23H18Cl2N6O3/c1-15-2-11-20(21(12-15)31(33)34)22(32)28-23(29-26-13-16-3-7-18(24)8-4-16)30-27-14-17-5-9-19(25)10-6-17/h2-14H,1H3,(H2,28,29,30,32)/b26-13+,27-14+. The summed E-state index contributed by atoms with van der Waals surface area (Å²) in [6, 6.07) is 18.0. The van der Waals surface area contributed by atoms with E-state index in [1.165, 1.54) is 24.6 Å². The molecular formula is C23H18Cl2N6O3. The monoisotopic (exact) mass is 496 g/mol. The van der Waals surface area contributed by atoms with Crippen molar-refractivity contribution in [3.05, 3.63) is 109 Å². The number of nitrogens with one attached hydrogen (secondary N) is 2. The van der Waals surface area contributed by atoms with Crippen LogP contribution < -0.4 is 10.9 Å². The fraction of sp³-hybridized carbons (Fsp3) is 0.0435. The predicted octanol–water partition coefficient (Wildman–Crippen LogP) is 4.95. The molecule has 0 saturated carbocycles. The fourth-order valence-electron chi connectivity index (χ4n) is 2.64. The van der Waals surface area contributed by atoms with Crippen LogP contribution in [0.2, 0.25) is 10.0 Å². The number of amides is 1. The van der Waals surface area contributed by atoms with Crippen LogP contribution in [0.4, 0.5) is 5.69 Å². The highest BCUT2D eigenvalue weighted by molar-refractivity contribution is 6.30. The normalized spacial score (nSPS) is 10.9. The Morgan fingerprint density at radius 3 is 1.85 bits per heavy atom. The van der Waals surface area contributed by atoms with Gasteiger partial charge in [-0.15, -0.1) is 0 Å². The summed E-state index contributed by atoms with van der Waals surface area (Å²) in [6.07, 6.45) is 2.96. The number of hydrogen-bond acceptors (Lipinski definition) is 5. The quantitative estimate of drug-likeness (QED) is 0.216. The number of guanidine groups is 1. The van der Waals surface area contributed by atoms with Crippen molar-refractivity contribution in [2.45, 2.75) is 6.92 Å². The van der Waals surface area contributed by atoms with Crippen molar-refractivity contribution in [2.75, 3.05) is 0 Å². The van der Waals surface area contributed by atoms with Crippen molar-refractivity contribution in [2.24, 2.45) is 15.2 Å². The molecule has 0 radical (unpaired) electrons. The van der Waals surface area contributed by atoms with Crippen molar-refractivity contribution in [3.8, 4) is 0 Å². The third kappa shape index (κ3) is 7.22. The first-order valence-corrected chi connectivity index (χ1v) is 10.5. The van der Waals surface area contributed by atoms with E-state index in [1.807, 2.05) is 0 Å². The van der Waals surface area contributed by atoms with E-state index in [0.29, 0.717) is 15.6 Å². The maximum atomic E-state index is 12.7. The predicted molar refractivity (Wildman–Crippen MR) is 134 cm³/mol. The summed E-state index contributed by atoms with van der Waals surface area (Å²) in [7, 11) is 0. The Morgan fingerprint density at radius 1 is 0.882 bits per heavy atom. The molecule has 0 atom stereocenters. The largest absolute Gasteiger partial charge is 0.287 e. The van der Waals surface area contributed by atoms with Crippen LogP contribution in [0.5, 0.6) is 0 Å². The van der Waals surface area contributed by atoms with E-state index in [1.54, 1.807) is 61.5 Å². The summed E-state index contributed by atoms with van der Waals surface area (Å²) >= 11 is 11.7. The van der Waals surface area contributed by atoms with E-state index in [4.69, 9.17) is 23.2 Å². The molecule has 9 nitrogen and oxygen atoms in total. The third-order valence-electron chi connectivity index (χ3n) is 4.30. The van der Waals surface area contributed by atoms with Gasteiger partial charge in [0.05, 0.1) is 17.4 Å². The highest BCUT2D eigenvalue weighted by Gasteiger charge is 2.20. The maximum absolute atomic E-state index is 12.7. The lowest BCUT2D eigenvalue weighted by atomic mass is 10.1. The number of aryl methyl sites for hydroxylation is 1. The van der Waals surface area contributed by atoms with Gasteiger partial charge in [-0.2, -0.15) is 15.2 Å². The molecular weight excluding hydrogens is 479 g/mol. The number of nitro benzene ring substituents is 1. The van der Waals surface area contributed by atoms with Gasteiger partial charge in [0.2, 0.25) is 5.96 Å². The van der Waals surface area contributed by atoms with Gasteiger partial charge in [0.25, 0.3) is 11.6 Å². The summed E-state index contributed by atoms with van der Waals surface area (Å²) in [4.78, 5) is 27.4. The topological polar surface area (TPSA) is 121 Å². The zero-order chi connectivity index (χ0) is 24.5. The van der Waals surface area contributed by atoms with E-state index >= 15 is 0 Å². The summed E-state index contributed by atoms with van der Waals surface area (Å²) < 4.78 is 0. The minimum Gasteiger partial charge on any atom is -0.266 e. The lowest BCUT2D eigenvalue weighted by molar-refractivity contribution is -0.385. The van der Waals surface area contributed by atoms with Gasteiger partial charge in [-0.1, -0.05) is 53.5 Å². The van der Waals surface area contributed by atoms with Crippen molar-refractivity contribution >= 4 is 53.2 Å². The SMILES string of the molecule is Cc1ccc(C(=O)N=C(N/N=C/c2ccc(Cl)cc2)N/N=C/c2ccc(Cl)cc2)c([N+](=O)[O-])c1. The van der Waals surface area contributed by atoms with Crippen molar-refractivity contribution in [1.82, 2.24) is 10.9 Å². The fourth-order valence-corrected chi connectivity index (χ4v) is 2.90. The molecule has 3 aromatic carbocycles. The lowest BCUT2D eigenvalue weighted by Gasteiger charge is -2.05. The van der Waals surface area contributed by atoms with Crippen LogP contribution >= 0.6 is 23.2 Å². The number of carbonyl (C=O) groups is 1. The van der Waals surface area contributed by atoms with E-state index in [2.05, 4.69) is 26.0 Å². The van der Waals surface area contributed by atoms with Gasteiger partial charge in [0.15, 0.2) is 0 Å². The lowest BCUT2D eigenvalue weighted by Crippen LogP contribution is -2.32. The average molecular weight is 497 g/mol. The van der Waals surface area contributed by atoms with Gasteiger partial charge >= 0.3 is 0 Å². The maximum Gasteiger partial charge on any atom is 0.287 e. The van der Waals surface area contributed by atoms with Gasteiger partial charge < -0.3 is 0 Å². The Labute approximate surface area is 205 Å². The van der Waals surface area contributed by atoms with Gasteiger partial charge in [-0.25, -0.2) is 10.9 Å². The number of carbonyl (C=O) groups excluding carboxylic acids is 1. The minimum absolute atomic E-state index is 0.143. The number of hydrazone groups is 2. The first kappa shape index (κ1) is 24.6. The van der Waals surface area contributed by atoms with Gasteiger partial charge in [-0.05, 0) is 53.9 Å². The Morgan fingerprint density at radius 2 is 1.38 bits per heavy atom. The molecule has 0 aliphatic rings. The molecule has 0 aliphatic carbocycles. The molecule has 0 spiro atoms. The molecule has 0 saturated heterocycles. The second-order valence-corrected chi connectivity index (χ2v) is 7.76. The summed E-state index contributed by atoms with van der Waals surface area (Å²) in [5.74, 6) is -0.986. The van der Waals surface area contributed by atoms with Gasteiger partial charge in [0, 0.05) is 16.1 Å². The summed E-state index contributed by atoms with van der Waals surface area (Å²) in [6.45, 7) is 1.69. The summed E-state index contributed by atoms with van der Waals surface area (Å²) in [5.41, 5.74) is 6.78. The molecule has 11 heteroatoms. The number of hydrogen-bond donors (Lipinski definition) is 2. The molecule has 3 rings (SSSR count). The third-order valence-corrected chi connectivity index (χ3v) is 4.81. The molecule has 2 N–H and O–H groups in total. The highest BCUT2D eigenvalue weighted by Crippen LogP contribution is 2.21. The van der Waals surface area contributed by atoms with Crippen LogP contribution in [0.15, 0.2) is 81.9 Å². The Kier molecular flexibility index (Phi) is 8.44. The van der Waals surface area contributed by atoms with Crippen LogP contribution in [0, 0.1) is 17.0 Å². The van der Waals surface area contributed by atoms with Crippen LogP contribution in [-0.2, 0) is 0 Å². The molecule has 0 fully saturated rings. The minimum atomic E-state index is -0.843. The number of nitro groups is 1. The van der Waals surface area contributed by atoms with Crippen molar-refractivity contribution in [3.63, 3.8) is 0 Å². The number of benzene rings is 3. The van der Waals surface area contributed by atoms with Gasteiger partial charge in [-0.3, -0.25) is 14.9 Å². The Hall–Kier alpha value is -4.08. The first-order chi connectivity index (χ1) is 16.3. The number of halogens is 2.